The van der Waals surface area contributed by atoms with Gasteiger partial charge in [-0.2, -0.15) is 0 Å². The Bertz CT molecular complexity index is 154. The summed E-state index contributed by atoms with van der Waals surface area (Å²) in [5.41, 5.74) is 5.37. The van der Waals surface area contributed by atoms with Gasteiger partial charge < -0.3 is 16.3 Å². The highest BCUT2D eigenvalue weighted by Gasteiger charge is 2.15. The zero-order valence-electron chi connectivity index (χ0n) is 8.09. The largest absolute Gasteiger partial charge is 0.409 e. The van der Waals surface area contributed by atoms with E-state index in [9.17, 15) is 0 Å². The van der Waals surface area contributed by atoms with Crippen LogP contribution in [0.15, 0.2) is 5.16 Å². The summed E-state index contributed by atoms with van der Waals surface area (Å²) in [6.45, 7) is 6.76. The molecule has 0 aliphatic heterocycles. The minimum atomic E-state index is 0.0596. The molecular formula is C8H19N3O. The monoisotopic (exact) mass is 173 g/mol. The van der Waals surface area contributed by atoms with Crippen LogP contribution in [0.5, 0.6) is 0 Å². The van der Waals surface area contributed by atoms with Crippen LogP contribution >= 0.6 is 0 Å². The third-order valence-electron chi connectivity index (χ3n) is 1.75. The van der Waals surface area contributed by atoms with Crippen LogP contribution in [0, 0.1) is 0 Å². The summed E-state index contributed by atoms with van der Waals surface area (Å²) < 4.78 is 0. The molecule has 0 fully saturated rings. The molecule has 72 valence electrons. The highest BCUT2D eigenvalue weighted by Crippen LogP contribution is 2.09. The Morgan fingerprint density at radius 2 is 2.17 bits per heavy atom. The fraction of sp³-hybridized carbons (Fsp3) is 0.875. The zero-order valence-corrected chi connectivity index (χ0v) is 8.09. The molecule has 0 aromatic rings. The van der Waals surface area contributed by atoms with Gasteiger partial charge in [-0.05, 0) is 20.3 Å². The first kappa shape index (κ1) is 11.2. The van der Waals surface area contributed by atoms with Gasteiger partial charge in [0.25, 0.3) is 0 Å². The van der Waals surface area contributed by atoms with Crippen LogP contribution in [-0.4, -0.2) is 23.1 Å². The number of amidine groups is 1. The van der Waals surface area contributed by atoms with Crippen LogP contribution in [0.3, 0.4) is 0 Å². The van der Waals surface area contributed by atoms with E-state index in [4.69, 9.17) is 10.9 Å². The van der Waals surface area contributed by atoms with Crippen LogP contribution in [0.1, 0.15) is 33.6 Å². The summed E-state index contributed by atoms with van der Waals surface area (Å²) in [5.74, 6) is 0.221. The highest BCUT2D eigenvalue weighted by molar-refractivity contribution is 5.81. The molecular weight excluding hydrogens is 154 g/mol. The molecule has 0 aliphatic carbocycles. The predicted molar refractivity (Wildman–Crippen MR) is 50.4 cm³/mol. The number of nitrogens with two attached hydrogens (primary N) is 1. The molecule has 0 heterocycles. The van der Waals surface area contributed by atoms with Gasteiger partial charge in [-0.1, -0.05) is 18.5 Å². The van der Waals surface area contributed by atoms with Gasteiger partial charge in [0.2, 0.25) is 0 Å². The Kier molecular flexibility index (Phi) is 4.66. The fourth-order valence-electron chi connectivity index (χ4n) is 1.08. The van der Waals surface area contributed by atoms with Crippen molar-refractivity contribution in [1.29, 1.82) is 0 Å². The molecule has 12 heavy (non-hydrogen) atoms. The molecule has 0 bridgehead atoms. The Morgan fingerprint density at radius 3 is 2.58 bits per heavy atom. The molecule has 4 nitrogen and oxygen atoms in total. The van der Waals surface area contributed by atoms with E-state index in [2.05, 4.69) is 31.2 Å². The average Bonchev–Trinajstić information content (AvgIpc) is 2.00. The van der Waals surface area contributed by atoms with Crippen molar-refractivity contribution in [2.45, 2.75) is 39.2 Å². The lowest BCUT2D eigenvalue weighted by Crippen LogP contribution is -2.43. The number of nitrogens with zero attached hydrogens (tertiary/aromatic N) is 1. The van der Waals surface area contributed by atoms with Gasteiger partial charge in [0.05, 0.1) is 6.54 Å². The second-order valence-electron chi connectivity index (χ2n) is 3.58. The van der Waals surface area contributed by atoms with Gasteiger partial charge >= 0.3 is 0 Å². The van der Waals surface area contributed by atoms with Gasteiger partial charge in [0, 0.05) is 5.54 Å². The van der Waals surface area contributed by atoms with Crippen molar-refractivity contribution in [1.82, 2.24) is 5.32 Å². The Balaban J connectivity index is 3.75. The molecule has 0 saturated heterocycles. The molecule has 0 radical (unpaired) electrons. The van der Waals surface area contributed by atoms with Crippen LogP contribution in [-0.2, 0) is 0 Å². The number of oxime groups is 1. The van der Waals surface area contributed by atoms with Crippen molar-refractivity contribution in [2.75, 3.05) is 6.54 Å². The first-order chi connectivity index (χ1) is 5.52. The van der Waals surface area contributed by atoms with E-state index < -0.39 is 0 Å². The summed E-state index contributed by atoms with van der Waals surface area (Å²) >= 11 is 0. The summed E-state index contributed by atoms with van der Waals surface area (Å²) in [7, 11) is 0. The van der Waals surface area contributed by atoms with E-state index in [-0.39, 0.29) is 11.4 Å². The summed E-state index contributed by atoms with van der Waals surface area (Å²) in [6, 6.07) is 0. The minimum Gasteiger partial charge on any atom is -0.409 e. The number of hydrogen-bond donors (Lipinski definition) is 3. The van der Waals surface area contributed by atoms with Gasteiger partial charge in [0.1, 0.15) is 0 Å². The molecule has 0 atom stereocenters. The van der Waals surface area contributed by atoms with E-state index in [1.54, 1.807) is 0 Å². The first-order valence-corrected chi connectivity index (χ1v) is 4.23. The lowest BCUT2D eigenvalue weighted by molar-refractivity contribution is 0.314. The van der Waals surface area contributed by atoms with Gasteiger partial charge in [0.15, 0.2) is 5.84 Å². The Morgan fingerprint density at radius 1 is 1.58 bits per heavy atom. The standard InChI is InChI=1S/C8H19N3O/c1-4-5-8(2,3)10-6-7(9)11-12/h10,12H,4-6H2,1-3H3,(H2,9,11). The van der Waals surface area contributed by atoms with Gasteiger partial charge in [-0.3, -0.25) is 0 Å². The van der Waals surface area contributed by atoms with Crippen LogP contribution in [0.4, 0.5) is 0 Å². The van der Waals surface area contributed by atoms with Crippen LogP contribution < -0.4 is 11.1 Å². The zero-order chi connectivity index (χ0) is 9.61. The molecule has 0 amide bonds. The van der Waals surface area contributed by atoms with E-state index in [0.717, 1.165) is 12.8 Å². The maximum absolute atomic E-state index is 8.28. The highest BCUT2D eigenvalue weighted by atomic mass is 16.4. The van der Waals surface area contributed by atoms with E-state index in [0.29, 0.717) is 6.54 Å². The van der Waals surface area contributed by atoms with E-state index in [1.807, 2.05) is 0 Å². The molecule has 0 unspecified atom stereocenters. The maximum Gasteiger partial charge on any atom is 0.153 e. The predicted octanol–water partition coefficient (Wildman–Crippen LogP) is 0.901. The Hall–Kier alpha value is -0.770. The van der Waals surface area contributed by atoms with Gasteiger partial charge in [-0.25, -0.2) is 0 Å². The molecule has 0 rings (SSSR count). The topological polar surface area (TPSA) is 70.6 Å². The minimum absolute atomic E-state index is 0.0596. The number of hydrogen-bond acceptors (Lipinski definition) is 3. The number of nitrogens with one attached hydrogen (secondary N) is 1. The smallest absolute Gasteiger partial charge is 0.153 e. The fourth-order valence-corrected chi connectivity index (χ4v) is 1.08. The second-order valence-corrected chi connectivity index (χ2v) is 3.58. The average molecular weight is 173 g/mol. The van der Waals surface area contributed by atoms with Crippen molar-refractivity contribution in [2.24, 2.45) is 10.9 Å². The maximum atomic E-state index is 8.28. The van der Waals surface area contributed by atoms with Crippen molar-refractivity contribution < 1.29 is 5.21 Å². The molecule has 0 spiro atoms. The number of rotatable bonds is 5. The Labute approximate surface area is 73.8 Å². The lowest BCUT2D eigenvalue weighted by atomic mass is 9.99. The summed E-state index contributed by atoms with van der Waals surface area (Å²) in [4.78, 5) is 0. The third-order valence-corrected chi connectivity index (χ3v) is 1.75. The SMILES string of the molecule is CCCC(C)(C)NCC(N)=NO. The summed E-state index contributed by atoms with van der Waals surface area (Å²) in [6.07, 6.45) is 2.20. The quantitative estimate of drug-likeness (QED) is 0.250. The molecule has 0 aromatic heterocycles. The third kappa shape index (κ3) is 4.96. The lowest BCUT2D eigenvalue weighted by Gasteiger charge is -2.25. The van der Waals surface area contributed by atoms with E-state index in [1.165, 1.54) is 0 Å². The molecule has 4 heteroatoms. The normalized spacial score (nSPS) is 13.4. The van der Waals surface area contributed by atoms with Crippen molar-refractivity contribution in [3.05, 3.63) is 0 Å². The summed E-state index contributed by atoms with van der Waals surface area (Å²) in [5, 5.41) is 14.4. The van der Waals surface area contributed by atoms with Gasteiger partial charge in [-0.15, -0.1) is 0 Å². The molecule has 0 aromatic carbocycles. The van der Waals surface area contributed by atoms with Crippen molar-refractivity contribution >= 4 is 5.84 Å². The van der Waals surface area contributed by atoms with Crippen LogP contribution in [0.2, 0.25) is 0 Å². The molecule has 0 aliphatic rings. The van der Waals surface area contributed by atoms with Crippen molar-refractivity contribution in [3.8, 4) is 0 Å². The first-order valence-electron chi connectivity index (χ1n) is 4.23. The second kappa shape index (κ2) is 4.98. The molecule has 0 saturated carbocycles. The molecule has 4 N–H and O–H groups in total. The van der Waals surface area contributed by atoms with E-state index >= 15 is 0 Å². The van der Waals surface area contributed by atoms with Crippen molar-refractivity contribution in [3.63, 3.8) is 0 Å². The van der Waals surface area contributed by atoms with Crippen LogP contribution in [0.25, 0.3) is 0 Å².